The summed E-state index contributed by atoms with van der Waals surface area (Å²) in [5.74, 6) is 1.17. The van der Waals surface area contributed by atoms with Gasteiger partial charge in [-0.1, -0.05) is 13.3 Å². The molecule has 0 aromatic heterocycles. The minimum absolute atomic E-state index is 0.0691. The van der Waals surface area contributed by atoms with Gasteiger partial charge in [0.2, 0.25) is 0 Å². The quantitative estimate of drug-likeness (QED) is 0.224. The standard InChI is InChI=1S/C47H76O21S2/c1-2-3-24-7-32-21-69-46(24)67-29-10-36(51)41(58-18-29)62-26-6-23-4-5-25(48)14-54-39-13-31(61-40(23)55-15-26)20-60-45(39)64-28-9-35(50)44(57-17-28)66-33-12-38(53)47(70-22-33)68-30-11-37(52)42(59-19-30)63-27-8-34(49)43(65-32)56-16-27/h23-53H,2-22H2,1H3/t23?,24-,25?,26+,27+,28+,29+,30+,31+,32+,33+,34-,35-,36-,37-,38-,39?,40-,41-,42-,43-,44-,45-,46+,47+/m1/s1. The number of rotatable bonds is 2. The van der Waals surface area contributed by atoms with E-state index >= 15 is 0 Å². The van der Waals surface area contributed by atoms with E-state index in [9.17, 15) is 30.6 Å². The van der Waals surface area contributed by atoms with Gasteiger partial charge >= 0.3 is 0 Å². The maximum Gasteiger partial charge on any atom is 0.184 e. The molecule has 28 fully saturated rings. The molecule has 0 amide bonds. The molecule has 0 aromatic rings. The first-order valence-corrected chi connectivity index (χ1v) is 27.9. The van der Waals surface area contributed by atoms with E-state index in [0.29, 0.717) is 43.6 Å². The average molecular weight is 1040 g/mol. The number of hydrogen-bond donors (Lipinski definition) is 6. The second-order valence-electron chi connectivity index (χ2n) is 20.8. The SMILES string of the molecule is CCC[C@@H]1C[C@H]2CS[C@@H]1O[C@@H]1CO[C@H](O[C@@H]3CO[C@@H]4O[C@@H]5CO[C@H](O[C@@H]6CO[C@H](O[C@@H]7CS[C@H](O[C@@H]8CO[C@H](O[C@@H]9CO[C@H](O2)[C@H](O)C9)[C@H](O)C8)[C@H](O)C7)[C@H](O)C6)C(C5)OCC(O)CCC4C3)[C@H](O)C1. The van der Waals surface area contributed by atoms with Crippen molar-refractivity contribution in [2.75, 3.05) is 57.8 Å². The Morgan fingerprint density at radius 3 is 1.33 bits per heavy atom. The van der Waals surface area contributed by atoms with Crippen LogP contribution < -0.4 is 0 Å². The molecule has 21 nitrogen and oxygen atoms in total. The van der Waals surface area contributed by atoms with Gasteiger partial charge < -0.3 is 102 Å². The van der Waals surface area contributed by atoms with Crippen LogP contribution in [-0.4, -0.2) is 229 Å². The molecule has 28 heterocycles. The zero-order valence-electron chi connectivity index (χ0n) is 39.9. The third-order valence-corrected chi connectivity index (χ3v) is 17.7. The van der Waals surface area contributed by atoms with Crippen LogP contribution in [0.5, 0.6) is 0 Å². The van der Waals surface area contributed by atoms with Crippen LogP contribution in [0.15, 0.2) is 0 Å². The number of ether oxygens (including phenoxy) is 15. The second-order valence-corrected chi connectivity index (χ2v) is 23.1. The zero-order valence-corrected chi connectivity index (χ0v) is 41.5. The smallest absolute Gasteiger partial charge is 0.184 e. The van der Waals surface area contributed by atoms with E-state index in [-0.39, 0.29) is 114 Å². The van der Waals surface area contributed by atoms with Crippen molar-refractivity contribution in [1.29, 1.82) is 0 Å². The number of hydrogen-bond acceptors (Lipinski definition) is 23. The van der Waals surface area contributed by atoms with Gasteiger partial charge in [-0.3, -0.25) is 0 Å². The molecule has 0 aromatic carbocycles. The Morgan fingerprint density at radius 1 is 0.371 bits per heavy atom. The maximum atomic E-state index is 11.3. The molecular formula is C47H76O21S2. The van der Waals surface area contributed by atoms with Crippen molar-refractivity contribution in [3.8, 4) is 0 Å². The first kappa shape index (κ1) is 53.3. The molecule has 0 saturated carbocycles. The molecule has 70 heavy (non-hydrogen) atoms. The predicted molar refractivity (Wildman–Crippen MR) is 244 cm³/mol. The highest BCUT2D eigenvalue weighted by Gasteiger charge is 2.46. The van der Waals surface area contributed by atoms with Crippen LogP contribution in [0, 0.1) is 11.8 Å². The van der Waals surface area contributed by atoms with E-state index in [0.717, 1.165) is 19.3 Å². The molecule has 3 unspecified atom stereocenters. The Balaban J connectivity index is 0.782. The summed E-state index contributed by atoms with van der Waals surface area (Å²) >= 11 is 3.05. The molecule has 28 aliphatic heterocycles. The predicted octanol–water partition coefficient (Wildman–Crippen LogP) is 0.863. The summed E-state index contributed by atoms with van der Waals surface area (Å²) in [6, 6.07) is 0. The van der Waals surface area contributed by atoms with E-state index in [1.807, 2.05) is 0 Å². The van der Waals surface area contributed by atoms with Gasteiger partial charge in [0.1, 0.15) is 41.4 Å². The van der Waals surface area contributed by atoms with Gasteiger partial charge in [-0.15, -0.1) is 23.5 Å². The van der Waals surface area contributed by atoms with Gasteiger partial charge in [0.15, 0.2) is 37.7 Å². The lowest BCUT2D eigenvalue weighted by atomic mass is 9.92. The first-order chi connectivity index (χ1) is 34.0. The second kappa shape index (κ2) is 24.9. The van der Waals surface area contributed by atoms with Crippen LogP contribution in [0.1, 0.15) is 84.0 Å². The normalized spacial score (nSPS) is 51.6. The largest absolute Gasteiger partial charge is 0.391 e. The van der Waals surface area contributed by atoms with E-state index < -0.39 is 110 Å². The van der Waals surface area contributed by atoms with Gasteiger partial charge in [-0.05, 0) is 38.0 Å². The van der Waals surface area contributed by atoms with Crippen LogP contribution in [0.4, 0.5) is 0 Å². The van der Waals surface area contributed by atoms with Crippen molar-refractivity contribution < 1.29 is 102 Å². The van der Waals surface area contributed by atoms with Crippen molar-refractivity contribution in [2.45, 2.75) is 224 Å². The highest BCUT2D eigenvalue weighted by Crippen LogP contribution is 2.41. The van der Waals surface area contributed by atoms with Gasteiger partial charge in [-0.25, -0.2) is 0 Å². The van der Waals surface area contributed by atoms with Crippen molar-refractivity contribution >= 4 is 23.5 Å². The highest BCUT2D eigenvalue weighted by molar-refractivity contribution is 8.00. The fourth-order valence-electron chi connectivity index (χ4n) is 11.4. The van der Waals surface area contributed by atoms with Gasteiger partial charge in [0, 0.05) is 55.9 Å². The summed E-state index contributed by atoms with van der Waals surface area (Å²) < 4.78 is 93.6. The molecule has 25 atom stereocenters. The van der Waals surface area contributed by atoms with Crippen LogP contribution in [-0.2, 0) is 71.1 Å². The van der Waals surface area contributed by atoms with Gasteiger partial charge in [-0.2, -0.15) is 0 Å². The fraction of sp³-hybridized carbons (Fsp3) is 1.00. The zero-order chi connectivity index (χ0) is 48.3. The van der Waals surface area contributed by atoms with Crippen LogP contribution in [0.3, 0.4) is 0 Å². The lowest BCUT2D eigenvalue weighted by Crippen LogP contribution is -2.53. The number of aliphatic hydroxyl groups is 6. The third-order valence-electron chi connectivity index (χ3n) is 15.0. The Hall–Kier alpha value is -0.140. The maximum absolute atomic E-state index is 11.3. The molecule has 0 aliphatic carbocycles. The summed E-state index contributed by atoms with van der Waals surface area (Å²) in [6.07, 6.45) is -8.38. The third kappa shape index (κ3) is 13.7. The van der Waals surface area contributed by atoms with Gasteiger partial charge in [0.25, 0.3) is 0 Å². The lowest BCUT2D eigenvalue weighted by molar-refractivity contribution is -0.322. The molecule has 23 heteroatoms. The van der Waals surface area contributed by atoms with E-state index in [1.54, 1.807) is 11.8 Å². The Bertz CT molecular complexity index is 1620. The Labute approximate surface area is 417 Å². The average Bonchev–Trinajstić information content (AvgIpc) is 3.36. The Kier molecular flexibility index (Phi) is 18.9. The Morgan fingerprint density at radius 2 is 0.786 bits per heavy atom. The molecule has 18 bridgehead atoms. The number of aliphatic hydroxyl groups excluding tert-OH is 6. The summed E-state index contributed by atoms with van der Waals surface area (Å²) in [6.45, 7) is 3.33. The van der Waals surface area contributed by atoms with Crippen LogP contribution in [0.2, 0.25) is 0 Å². The van der Waals surface area contributed by atoms with Crippen molar-refractivity contribution in [1.82, 2.24) is 0 Å². The monoisotopic (exact) mass is 1040 g/mol. The van der Waals surface area contributed by atoms with Crippen molar-refractivity contribution in [2.24, 2.45) is 11.8 Å². The molecule has 6 N–H and O–H groups in total. The van der Waals surface area contributed by atoms with Crippen LogP contribution in [0.25, 0.3) is 0 Å². The molecule has 0 radical (unpaired) electrons. The van der Waals surface area contributed by atoms with E-state index in [2.05, 4.69) is 6.92 Å². The van der Waals surface area contributed by atoms with E-state index in [4.69, 9.17) is 71.1 Å². The van der Waals surface area contributed by atoms with E-state index in [1.165, 1.54) is 11.8 Å². The first-order valence-electron chi connectivity index (χ1n) is 25.8. The summed E-state index contributed by atoms with van der Waals surface area (Å²) in [7, 11) is 0. The summed E-state index contributed by atoms with van der Waals surface area (Å²) in [5.41, 5.74) is -0.714. The topological polar surface area (TPSA) is 260 Å². The fourth-order valence-corrected chi connectivity index (χ4v) is 13.9. The lowest BCUT2D eigenvalue weighted by Gasteiger charge is -2.43. The number of thioether (sulfide) groups is 2. The summed E-state index contributed by atoms with van der Waals surface area (Å²) in [5, 5.41) is 66.9. The summed E-state index contributed by atoms with van der Waals surface area (Å²) in [4.78, 5) is 0. The van der Waals surface area contributed by atoms with Gasteiger partial charge in [0.05, 0.1) is 107 Å². The molecule has 28 rings (SSSR count). The van der Waals surface area contributed by atoms with Crippen molar-refractivity contribution in [3.05, 3.63) is 0 Å². The molecule has 0 spiro atoms. The van der Waals surface area contributed by atoms with Crippen LogP contribution >= 0.6 is 23.5 Å². The molecular weight excluding hydrogens is 965 g/mol. The van der Waals surface area contributed by atoms with Crippen molar-refractivity contribution in [3.63, 3.8) is 0 Å². The minimum atomic E-state index is -1.01. The molecule has 402 valence electrons. The minimum Gasteiger partial charge on any atom is -0.391 e. The highest BCUT2D eigenvalue weighted by atomic mass is 32.2. The molecule has 28 saturated heterocycles. The molecule has 28 aliphatic rings.